The first-order chi connectivity index (χ1) is 7.24. The maximum Gasteiger partial charge on any atom is 0.220 e. The molecule has 2 heteroatoms. The highest BCUT2D eigenvalue weighted by Crippen LogP contribution is 2.06. The Labute approximate surface area is 91.7 Å². The molecule has 0 aromatic heterocycles. The van der Waals surface area contributed by atoms with Crippen LogP contribution in [0.1, 0.15) is 37.3 Å². The molecule has 1 amide bonds. The summed E-state index contributed by atoms with van der Waals surface area (Å²) in [6.07, 6.45) is 2.68. The zero-order chi connectivity index (χ0) is 11.1. The minimum absolute atomic E-state index is 0.153. The predicted octanol–water partition coefficient (Wildman–Crippen LogP) is 2.80. The van der Waals surface area contributed by atoms with Crippen LogP contribution in [0.25, 0.3) is 0 Å². The molecule has 15 heavy (non-hydrogen) atoms. The summed E-state index contributed by atoms with van der Waals surface area (Å²) in [4.78, 5) is 11.4. The second-order valence-corrected chi connectivity index (χ2v) is 3.81. The van der Waals surface area contributed by atoms with Crippen LogP contribution in [0.4, 0.5) is 0 Å². The fraction of sp³-hybridized carbons (Fsp3) is 0.462. The van der Waals surface area contributed by atoms with Gasteiger partial charge in [0.1, 0.15) is 0 Å². The molecule has 1 aromatic carbocycles. The first kappa shape index (κ1) is 11.8. The number of aryl methyl sites for hydroxylation is 1. The SMILES string of the molecule is CCCCC(=O)NCc1ccccc1C. The Morgan fingerprint density at radius 3 is 2.73 bits per heavy atom. The van der Waals surface area contributed by atoms with E-state index in [0.717, 1.165) is 12.8 Å². The average Bonchev–Trinajstić information content (AvgIpc) is 2.25. The van der Waals surface area contributed by atoms with Crippen LogP contribution in [0.3, 0.4) is 0 Å². The molecule has 0 atom stereocenters. The molecule has 0 radical (unpaired) electrons. The third-order valence-corrected chi connectivity index (χ3v) is 2.49. The summed E-state index contributed by atoms with van der Waals surface area (Å²) in [5.74, 6) is 0.153. The van der Waals surface area contributed by atoms with Gasteiger partial charge in [-0.25, -0.2) is 0 Å². The third kappa shape index (κ3) is 4.15. The van der Waals surface area contributed by atoms with Gasteiger partial charge in [0.2, 0.25) is 5.91 Å². The number of unbranched alkanes of at least 4 members (excludes halogenated alkanes) is 1. The number of nitrogens with one attached hydrogen (secondary N) is 1. The molecule has 0 aliphatic rings. The Balaban J connectivity index is 2.37. The first-order valence-electron chi connectivity index (χ1n) is 5.55. The van der Waals surface area contributed by atoms with Crippen molar-refractivity contribution in [3.05, 3.63) is 35.4 Å². The van der Waals surface area contributed by atoms with Crippen molar-refractivity contribution >= 4 is 5.91 Å². The molecule has 0 saturated heterocycles. The van der Waals surface area contributed by atoms with Gasteiger partial charge in [-0.15, -0.1) is 0 Å². The normalized spacial score (nSPS) is 10.0. The summed E-state index contributed by atoms with van der Waals surface area (Å²) in [5.41, 5.74) is 2.43. The van der Waals surface area contributed by atoms with E-state index in [2.05, 4.69) is 31.3 Å². The van der Waals surface area contributed by atoms with Crippen molar-refractivity contribution in [2.24, 2.45) is 0 Å². The maximum atomic E-state index is 11.4. The van der Waals surface area contributed by atoms with Gasteiger partial charge in [-0.05, 0) is 24.5 Å². The van der Waals surface area contributed by atoms with Crippen LogP contribution in [0.2, 0.25) is 0 Å². The lowest BCUT2D eigenvalue weighted by Gasteiger charge is -2.07. The van der Waals surface area contributed by atoms with Crippen LogP contribution in [0.15, 0.2) is 24.3 Å². The minimum Gasteiger partial charge on any atom is -0.352 e. The Hall–Kier alpha value is -1.31. The summed E-state index contributed by atoms with van der Waals surface area (Å²) in [5, 5.41) is 2.94. The van der Waals surface area contributed by atoms with Gasteiger partial charge >= 0.3 is 0 Å². The van der Waals surface area contributed by atoms with E-state index in [1.54, 1.807) is 0 Å². The summed E-state index contributed by atoms with van der Waals surface area (Å²) in [7, 11) is 0. The first-order valence-corrected chi connectivity index (χ1v) is 5.55. The Morgan fingerprint density at radius 1 is 1.33 bits per heavy atom. The van der Waals surface area contributed by atoms with Gasteiger partial charge in [0.15, 0.2) is 0 Å². The van der Waals surface area contributed by atoms with Crippen LogP contribution in [-0.2, 0) is 11.3 Å². The smallest absolute Gasteiger partial charge is 0.220 e. The lowest BCUT2D eigenvalue weighted by atomic mass is 10.1. The molecule has 0 unspecified atom stereocenters. The van der Waals surface area contributed by atoms with E-state index in [0.29, 0.717) is 13.0 Å². The van der Waals surface area contributed by atoms with Gasteiger partial charge in [0.25, 0.3) is 0 Å². The number of rotatable bonds is 5. The molecule has 82 valence electrons. The van der Waals surface area contributed by atoms with Crippen molar-refractivity contribution in [3.8, 4) is 0 Å². The van der Waals surface area contributed by atoms with Crippen LogP contribution in [0.5, 0.6) is 0 Å². The molecule has 0 fully saturated rings. The van der Waals surface area contributed by atoms with Gasteiger partial charge in [-0.3, -0.25) is 4.79 Å². The third-order valence-electron chi connectivity index (χ3n) is 2.49. The molecule has 0 spiro atoms. The second-order valence-electron chi connectivity index (χ2n) is 3.81. The number of hydrogen-bond acceptors (Lipinski definition) is 1. The van der Waals surface area contributed by atoms with Crippen LogP contribution in [-0.4, -0.2) is 5.91 Å². The van der Waals surface area contributed by atoms with Crippen LogP contribution in [0, 0.1) is 6.92 Å². The molecule has 1 rings (SSSR count). The number of hydrogen-bond donors (Lipinski definition) is 1. The van der Waals surface area contributed by atoms with Crippen molar-refractivity contribution in [2.75, 3.05) is 0 Å². The summed E-state index contributed by atoms with van der Waals surface area (Å²) < 4.78 is 0. The highest BCUT2D eigenvalue weighted by atomic mass is 16.1. The molecule has 0 heterocycles. The van der Waals surface area contributed by atoms with Crippen LogP contribution >= 0.6 is 0 Å². The molecule has 1 N–H and O–H groups in total. The van der Waals surface area contributed by atoms with E-state index in [4.69, 9.17) is 0 Å². The lowest BCUT2D eigenvalue weighted by Crippen LogP contribution is -2.22. The molecular weight excluding hydrogens is 186 g/mol. The Kier molecular flexibility index (Phi) is 4.88. The van der Waals surface area contributed by atoms with Gasteiger partial charge < -0.3 is 5.32 Å². The molecule has 0 bridgehead atoms. The van der Waals surface area contributed by atoms with Gasteiger partial charge in [-0.1, -0.05) is 37.6 Å². The Morgan fingerprint density at radius 2 is 2.07 bits per heavy atom. The zero-order valence-electron chi connectivity index (χ0n) is 9.55. The van der Waals surface area contributed by atoms with E-state index in [1.807, 2.05) is 12.1 Å². The summed E-state index contributed by atoms with van der Waals surface area (Å²) >= 11 is 0. The second kappa shape index (κ2) is 6.23. The van der Waals surface area contributed by atoms with Gasteiger partial charge in [0.05, 0.1) is 0 Å². The largest absolute Gasteiger partial charge is 0.352 e. The number of carbonyl (C=O) groups is 1. The lowest BCUT2D eigenvalue weighted by molar-refractivity contribution is -0.121. The molecule has 0 aliphatic carbocycles. The standard InChI is InChI=1S/C13H19NO/c1-3-4-9-13(15)14-10-12-8-6-5-7-11(12)2/h5-8H,3-4,9-10H2,1-2H3,(H,14,15). The van der Waals surface area contributed by atoms with Crippen molar-refractivity contribution in [2.45, 2.75) is 39.7 Å². The predicted molar refractivity (Wildman–Crippen MR) is 62.6 cm³/mol. The molecule has 2 nitrogen and oxygen atoms in total. The average molecular weight is 205 g/mol. The van der Waals surface area contributed by atoms with E-state index in [9.17, 15) is 4.79 Å². The van der Waals surface area contributed by atoms with E-state index in [-0.39, 0.29) is 5.91 Å². The monoisotopic (exact) mass is 205 g/mol. The summed E-state index contributed by atoms with van der Waals surface area (Å²) in [6.45, 7) is 4.80. The number of amides is 1. The van der Waals surface area contributed by atoms with Crippen LogP contribution < -0.4 is 5.32 Å². The molecule has 0 aliphatic heterocycles. The minimum atomic E-state index is 0.153. The van der Waals surface area contributed by atoms with E-state index < -0.39 is 0 Å². The maximum absolute atomic E-state index is 11.4. The van der Waals surface area contributed by atoms with Crippen molar-refractivity contribution < 1.29 is 4.79 Å². The number of benzene rings is 1. The van der Waals surface area contributed by atoms with Gasteiger partial charge in [-0.2, -0.15) is 0 Å². The Bertz CT molecular complexity index is 320. The fourth-order valence-electron chi connectivity index (χ4n) is 1.43. The number of carbonyl (C=O) groups excluding carboxylic acids is 1. The van der Waals surface area contributed by atoms with Crippen molar-refractivity contribution in [1.29, 1.82) is 0 Å². The topological polar surface area (TPSA) is 29.1 Å². The van der Waals surface area contributed by atoms with E-state index in [1.165, 1.54) is 11.1 Å². The molecule has 0 saturated carbocycles. The molecule has 1 aromatic rings. The quantitative estimate of drug-likeness (QED) is 0.786. The fourth-order valence-corrected chi connectivity index (χ4v) is 1.43. The molecular formula is C13H19NO. The van der Waals surface area contributed by atoms with E-state index >= 15 is 0 Å². The highest BCUT2D eigenvalue weighted by molar-refractivity contribution is 5.75. The summed E-state index contributed by atoms with van der Waals surface area (Å²) in [6, 6.07) is 8.13. The van der Waals surface area contributed by atoms with Gasteiger partial charge in [0, 0.05) is 13.0 Å². The van der Waals surface area contributed by atoms with Crippen molar-refractivity contribution in [1.82, 2.24) is 5.32 Å². The zero-order valence-corrected chi connectivity index (χ0v) is 9.55. The van der Waals surface area contributed by atoms with Crippen molar-refractivity contribution in [3.63, 3.8) is 0 Å². The highest BCUT2D eigenvalue weighted by Gasteiger charge is 2.01.